The maximum absolute atomic E-state index is 12.3. The fraction of sp³-hybridized carbons (Fsp3) is 0.682. The Labute approximate surface area is 163 Å². The van der Waals surface area contributed by atoms with Crippen LogP contribution < -0.4 is 5.32 Å². The molecule has 1 atom stereocenters. The maximum atomic E-state index is 12.3. The largest absolute Gasteiger partial charge is 0.351 e. The highest BCUT2D eigenvalue weighted by Gasteiger charge is 2.16. The fourth-order valence-electron chi connectivity index (χ4n) is 4.17. The molecule has 2 aliphatic rings. The molecule has 1 aromatic carbocycles. The minimum Gasteiger partial charge on any atom is -0.351 e. The van der Waals surface area contributed by atoms with Gasteiger partial charge in [-0.3, -0.25) is 9.69 Å². The van der Waals surface area contributed by atoms with Crippen molar-refractivity contribution in [2.24, 2.45) is 5.92 Å². The monoisotopic (exact) mass is 374 g/mol. The Morgan fingerprint density at radius 3 is 2.62 bits per heavy atom. The second-order valence-electron chi connectivity index (χ2n) is 8.07. The lowest BCUT2D eigenvalue weighted by atomic mass is 9.99. The minimum absolute atomic E-state index is 0.0624. The number of rotatable bonds is 7. The number of likely N-dealkylation sites (tertiary alicyclic amines) is 1. The summed E-state index contributed by atoms with van der Waals surface area (Å²) >= 11 is 2.04. The van der Waals surface area contributed by atoms with Crippen molar-refractivity contribution in [2.75, 3.05) is 25.4 Å². The summed E-state index contributed by atoms with van der Waals surface area (Å²) in [4.78, 5) is 14.8. The number of carbonyl (C=O) groups is 1. The molecule has 26 heavy (non-hydrogen) atoms. The molecule has 3 rings (SSSR count). The molecule has 0 radical (unpaired) electrons. The SMILES string of the molecule is C[C@H]1CCCN(Cc2ccc(C(=O)NCCSC3CCCCC3)cc2)C1. The number of thioether (sulfide) groups is 1. The van der Waals surface area contributed by atoms with E-state index in [2.05, 4.69) is 29.3 Å². The van der Waals surface area contributed by atoms with Crippen molar-refractivity contribution in [1.82, 2.24) is 10.2 Å². The van der Waals surface area contributed by atoms with E-state index in [1.165, 1.54) is 63.6 Å². The van der Waals surface area contributed by atoms with Crippen LogP contribution in [0, 0.1) is 5.92 Å². The normalized spacial score (nSPS) is 22.3. The highest BCUT2D eigenvalue weighted by Crippen LogP contribution is 2.27. The smallest absolute Gasteiger partial charge is 0.251 e. The zero-order valence-corrected chi connectivity index (χ0v) is 17.0. The Morgan fingerprint density at radius 2 is 1.88 bits per heavy atom. The number of amides is 1. The molecule has 1 aliphatic heterocycles. The van der Waals surface area contributed by atoms with Crippen molar-refractivity contribution in [3.63, 3.8) is 0 Å². The third kappa shape index (κ3) is 6.31. The van der Waals surface area contributed by atoms with E-state index in [9.17, 15) is 4.79 Å². The molecule has 1 saturated carbocycles. The molecule has 4 heteroatoms. The average Bonchev–Trinajstić information content (AvgIpc) is 2.66. The standard InChI is InChI=1S/C22H34N2OS/c1-18-6-5-14-24(16-18)17-19-9-11-20(12-10-19)22(25)23-13-15-26-21-7-3-2-4-8-21/h9-12,18,21H,2-8,13-17H2,1H3,(H,23,25)/t18-/m0/s1. The van der Waals surface area contributed by atoms with E-state index in [4.69, 9.17) is 0 Å². The van der Waals surface area contributed by atoms with Crippen LogP contribution in [0.4, 0.5) is 0 Å². The van der Waals surface area contributed by atoms with Gasteiger partial charge in [0.05, 0.1) is 0 Å². The lowest BCUT2D eigenvalue weighted by molar-refractivity contribution is 0.0956. The van der Waals surface area contributed by atoms with Crippen molar-refractivity contribution in [1.29, 1.82) is 0 Å². The molecule has 1 amide bonds. The van der Waals surface area contributed by atoms with Crippen molar-refractivity contribution < 1.29 is 4.79 Å². The van der Waals surface area contributed by atoms with Gasteiger partial charge in [-0.2, -0.15) is 11.8 Å². The van der Waals surface area contributed by atoms with Gasteiger partial charge in [-0.05, 0) is 55.8 Å². The van der Waals surface area contributed by atoms with Crippen LogP contribution in [-0.4, -0.2) is 41.4 Å². The maximum Gasteiger partial charge on any atom is 0.251 e. The first-order valence-corrected chi connectivity index (χ1v) is 11.5. The van der Waals surface area contributed by atoms with Crippen LogP contribution >= 0.6 is 11.8 Å². The summed E-state index contributed by atoms with van der Waals surface area (Å²) in [7, 11) is 0. The molecule has 0 aromatic heterocycles. The zero-order valence-electron chi connectivity index (χ0n) is 16.2. The molecule has 1 saturated heterocycles. The number of nitrogens with one attached hydrogen (secondary N) is 1. The molecule has 3 nitrogen and oxygen atoms in total. The van der Waals surface area contributed by atoms with E-state index in [1.54, 1.807) is 0 Å². The number of nitrogens with zero attached hydrogens (tertiary/aromatic N) is 1. The third-order valence-electron chi connectivity index (χ3n) is 5.66. The van der Waals surface area contributed by atoms with Gasteiger partial charge >= 0.3 is 0 Å². The van der Waals surface area contributed by atoms with Crippen LogP contribution in [0.2, 0.25) is 0 Å². The van der Waals surface area contributed by atoms with Crippen molar-refractivity contribution in [3.05, 3.63) is 35.4 Å². The zero-order chi connectivity index (χ0) is 18.2. The van der Waals surface area contributed by atoms with Crippen molar-refractivity contribution in [3.8, 4) is 0 Å². The summed E-state index contributed by atoms with van der Waals surface area (Å²) < 4.78 is 0. The summed E-state index contributed by atoms with van der Waals surface area (Å²) in [5.74, 6) is 1.90. The number of piperidine rings is 1. The molecule has 1 N–H and O–H groups in total. The Kier molecular flexibility index (Phi) is 7.87. The minimum atomic E-state index is 0.0624. The van der Waals surface area contributed by atoms with E-state index in [0.717, 1.165) is 35.6 Å². The highest BCUT2D eigenvalue weighted by molar-refractivity contribution is 7.99. The van der Waals surface area contributed by atoms with Gasteiger partial charge in [0.1, 0.15) is 0 Å². The quantitative estimate of drug-likeness (QED) is 0.701. The van der Waals surface area contributed by atoms with E-state index in [0.29, 0.717) is 0 Å². The molecule has 0 spiro atoms. The molecule has 1 heterocycles. The van der Waals surface area contributed by atoms with Gasteiger partial charge in [0.25, 0.3) is 5.91 Å². The Balaban J connectivity index is 1.37. The highest BCUT2D eigenvalue weighted by atomic mass is 32.2. The average molecular weight is 375 g/mol. The van der Waals surface area contributed by atoms with Gasteiger partial charge in [0.15, 0.2) is 0 Å². The van der Waals surface area contributed by atoms with E-state index < -0.39 is 0 Å². The first-order chi connectivity index (χ1) is 12.7. The van der Waals surface area contributed by atoms with Crippen LogP contribution in [0.3, 0.4) is 0 Å². The summed E-state index contributed by atoms with van der Waals surface area (Å²) in [6.45, 7) is 6.51. The van der Waals surface area contributed by atoms with Gasteiger partial charge < -0.3 is 5.32 Å². The van der Waals surface area contributed by atoms with Gasteiger partial charge in [0.2, 0.25) is 0 Å². The Morgan fingerprint density at radius 1 is 1.12 bits per heavy atom. The van der Waals surface area contributed by atoms with Crippen LogP contribution in [0.5, 0.6) is 0 Å². The molecule has 0 bridgehead atoms. The van der Waals surface area contributed by atoms with Crippen LogP contribution in [0.25, 0.3) is 0 Å². The topological polar surface area (TPSA) is 32.3 Å². The van der Waals surface area contributed by atoms with Crippen LogP contribution in [0.15, 0.2) is 24.3 Å². The molecular weight excluding hydrogens is 340 g/mol. The van der Waals surface area contributed by atoms with Gasteiger partial charge in [-0.25, -0.2) is 0 Å². The molecule has 2 fully saturated rings. The first-order valence-electron chi connectivity index (χ1n) is 10.4. The second-order valence-corrected chi connectivity index (χ2v) is 9.47. The first kappa shape index (κ1) is 19.8. The second kappa shape index (κ2) is 10.4. The molecule has 0 unspecified atom stereocenters. The Bertz CT molecular complexity index is 554. The number of hydrogen-bond donors (Lipinski definition) is 1. The lowest BCUT2D eigenvalue weighted by Crippen LogP contribution is -2.33. The molecule has 144 valence electrons. The van der Waals surface area contributed by atoms with Crippen LogP contribution in [-0.2, 0) is 6.54 Å². The summed E-state index contributed by atoms with van der Waals surface area (Å²) in [5, 5.41) is 3.89. The number of hydrogen-bond acceptors (Lipinski definition) is 3. The van der Waals surface area contributed by atoms with Crippen LogP contribution in [0.1, 0.15) is 67.8 Å². The van der Waals surface area contributed by atoms with E-state index >= 15 is 0 Å². The molecular formula is C22H34N2OS. The van der Waals surface area contributed by atoms with Gasteiger partial charge in [-0.15, -0.1) is 0 Å². The number of carbonyl (C=O) groups excluding carboxylic acids is 1. The molecule has 1 aliphatic carbocycles. The lowest BCUT2D eigenvalue weighted by Gasteiger charge is -2.30. The summed E-state index contributed by atoms with van der Waals surface area (Å²) in [5.41, 5.74) is 2.09. The predicted molar refractivity (Wildman–Crippen MR) is 112 cm³/mol. The summed E-state index contributed by atoms with van der Waals surface area (Å²) in [6, 6.07) is 8.19. The Hall–Kier alpha value is -1.00. The number of benzene rings is 1. The van der Waals surface area contributed by atoms with Gasteiger partial charge in [-0.1, -0.05) is 38.3 Å². The summed E-state index contributed by atoms with van der Waals surface area (Å²) in [6.07, 6.45) is 9.54. The molecule has 1 aromatic rings. The van der Waals surface area contributed by atoms with Crippen molar-refractivity contribution >= 4 is 17.7 Å². The third-order valence-corrected chi connectivity index (χ3v) is 7.04. The van der Waals surface area contributed by atoms with Crippen molar-refractivity contribution in [2.45, 2.75) is 63.7 Å². The van der Waals surface area contributed by atoms with Gasteiger partial charge in [0, 0.05) is 36.2 Å². The van der Waals surface area contributed by atoms with E-state index in [1.807, 2.05) is 23.9 Å². The van der Waals surface area contributed by atoms with E-state index in [-0.39, 0.29) is 5.91 Å². The predicted octanol–water partition coefficient (Wildman–Crippen LogP) is 4.71. The fourth-order valence-corrected chi connectivity index (χ4v) is 5.39.